The molecule has 0 fully saturated rings. The van der Waals surface area contributed by atoms with Gasteiger partial charge in [0.15, 0.2) is 11.5 Å². The number of ether oxygens (including phenoxy) is 3. The first kappa shape index (κ1) is 12.4. The highest BCUT2D eigenvalue weighted by atomic mass is 16.5. The Balaban J connectivity index is 3.02. The maximum absolute atomic E-state index is 5.31. The van der Waals surface area contributed by atoms with E-state index in [0.717, 1.165) is 5.56 Å². The molecule has 1 atom stereocenters. The molecule has 0 radical (unpaired) electrons. The second kappa shape index (κ2) is 6.04. The van der Waals surface area contributed by atoms with Gasteiger partial charge in [-0.15, -0.1) is 12.3 Å². The SMILES string of the molecule is C#CCC(OC)c1ccc(OC)c(OC)c1. The number of hydrogen-bond donors (Lipinski definition) is 0. The Hall–Kier alpha value is -1.66. The molecule has 0 aliphatic heterocycles. The van der Waals surface area contributed by atoms with Crippen molar-refractivity contribution in [1.29, 1.82) is 0 Å². The van der Waals surface area contributed by atoms with Gasteiger partial charge in [-0.25, -0.2) is 0 Å². The van der Waals surface area contributed by atoms with Crippen LogP contribution in [0.25, 0.3) is 0 Å². The van der Waals surface area contributed by atoms with Crippen LogP contribution in [0.4, 0.5) is 0 Å². The van der Waals surface area contributed by atoms with Crippen LogP contribution in [0.3, 0.4) is 0 Å². The van der Waals surface area contributed by atoms with Crippen LogP contribution in [0.5, 0.6) is 11.5 Å². The molecule has 1 aromatic rings. The number of terminal acetylenes is 1. The zero-order valence-corrected chi connectivity index (χ0v) is 9.82. The van der Waals surface area contributed by atoms with Crippen LogP contribution in [-0.2, 0) is 4.74 Å². The average molecular weight is 220 g/mol. The van der Waals surface area contributed by atoms with Crippen LogP contribution in [0.1, 0.15) is 18.1 Å². The summed E-state index contributed by atoms with van der Waals surface area (Å²) in [6.07, 6.45) is 5.71. The first-order valence-electron chi connectivity index (χ1n) is 4.95. The summed E-state index contributed by atoms with van der Waals surface area (Å²) in [6.45, 7) is 0. The van der Waals surface area contributed by atoms with Gasteiger partial charge in [-0.2, -0.15) is 0 Å². The Morgan fingerprint density at radius 2 is 1.88 bits per heavy atom. The quantitative estimate of drug-likeness (QED) is 0.713. The molecule has 3 nitrogen and oxygen atoms in total. The van der Waals surface area contributed by atoms with Gasteiger partial charge in [-0.05, 0) is 17.7 Å². The topological polar surface area (TPSA) is 27.7 Å². The first-order valence-corrected chi connectivity index (χ1v) is 4.95. The summed E-state index contributed by atoms with van der Waals surface area (Å²) in [5, 5.41) is 0. The lowest BCUT2D eigenvalue weighted by molar-refractivity contribution is 0.107. The maximum atomic E-state index is 5.31. The molecule has 0 amide bonds. The van der Waals surface area contributed by atoms with Crippen LogP contribution in [0.2, 0.25) is 0 Å². The maximum Gasteiger partial charge on any atom is 0.161 e. The summed E-state index contributed by atoms with van der Waals surface area (Å²) < 4.78 is 15.7. The standard InChI is InChI=1S/C13H16O3/c1-5-6-11(14-2)10-7-8-12(15-3)13(9-10)16-4/h1,7-9,11H,6H2,2-4H3. The Kier molecular flexibility index (Phi) is 4.68. The van der Waals surface area contributed by atoms with Gasteiger partial charge in [-0.3, -0.25) is 0 Å². The minimum Gasteiger partial charge on any atom is -0.493 e. The van der Waals surface area contributed by atoms with E-state index in [9.17, 15) is 0 Å². The summed E-state index contributed by atoms with van der Waals surface area (Å²) in [5.41, 5.74) is 0.984. The van der Waals surface area contributed by atoms with Crippen molar-refractivity contribution >= 4 is 0 Å². The first-order chi connectivity index (χ1) is 7.76. The molecule has 0 aromatic heterocycles. The highest BCUT2D eigenvalue weighted by molar-refractivity contribution is 5.43. The molecular formula is C13H16O3. The molecule has 1 unspecified atom stereocenters. The lowest BCUT2D eigenvalue weighted by atomic mass is 10.1. The van der Waals surface area contributed by atoms with Gasteiger partial charge in [0, 0.05) is 13.5 Å². The van der Waals surface area contributed by atoms with Crippen molar-refractivity contribution in [3.05, 3.63) is 23.8 Å². The average Bonchev–Trinajstić information content (AvgIpc) is 2.35. The second-order valence-corrected chi connectivity index (χ2v) is 3.25. The lowest BCUT2D eigenvalue weighted by Crippen LogP contribution is -2.01. The summed E-state index contributed by atoms with van der Waals surface area (Å²) in [5.74, 6) is 3.96. The highest BCUT2D eigenvalue weighted by Crippen LogP contribution is 2.31. The van der Waals surface area contributed by atoms with E-state index in [-0.39, 0.29) is 6.10 Å². The van der Waals surface area contributed by atoms with Crippen LogP contribution < -0.4 is 9.47 Å². The molecule has 0 saturated carbocycles. The van der Waals surface area contributed by atoms with E-state index in [1.165, 1.54) is 0 Å². The van der Waals surface area contributed by atoms with Crippen molar-refractivity contribution in [1.82, 2.24) is 0 Å². The monoisotopic (exact) mass is 220 g/mol. The van der Waals surface area contributed by atoms with Crippen molar-refractivity contribution in [2.24, 2.45) is 0 Å². The molecule has 0 spiro atoms. The van der Waals surface area contributed by atoms with Crippen LogP contribution >= 0.6 is 0 Å². The fraction of sp³-hybridized carbons (Fsp3) is 0.385. The zero-order valence-electron chi connectivity index (χ0n) is 9.82. The van der Waals surface area contributed by atoms with Crippen LogP contribution in [0, 0.1) is 12.3 Å². The van der Waals surface area contributed by atoms with E-state index in [1.54, 1.807) is 21.3 Å². The molecule has 0 bridgehead atoms. The largest absolute Gasteiger partial charge is 0.493 e. The number of hydrogen-bond acceptors (Lipinski definition) is 3. The third-order valence-corrected chi connectivity index (χ3v) is 2.37. The Morgan fingerprint density at radius 3 is 2.38 bits per heavy atom. The highest BCUT2D eigenvalue weighted by Gasteiger charge is 2.12. The van der Waals surface area contributed by atoms with E-state index >= 15 is 0 Å². The van der Waals surface area contributed by atoms with Gasteiger partial charge in [0.1, 0.15) is 0 Å². The van der Waals surface area contributed by atoms with Crippen LogP contribution in [-0.4, -0.2) is 21.3 Å². The summed E-state index contributed by atoms with van der Waals surface area (Å²) in [7, 11) is 4.84. The van der Waals surface area contributed by atoms with Crippen molar-refractivity contribution in [3.8, 4) is 23.8 Å². The molecule has 0 aliphatic carbocycles. The van der Waals surface area contributed by atoms with Gasteiger partial charge in [0.2, 0.25) is 0 Å². The minimum absolute atomic E-state index is 0.107. The molecule has 0 aliphatic rings. The van der Waals surface area contributed by atoms with Crippen molar-refractivity contribution in [3.63, 3.8) is 0 Å². The summed E-state index contributed by atoms with van der Waals surface area (Å²) in [6, 6.07) is 5.65. The van der Waals surface area contributed by atoms with Gasteiger partial charge >= 0.3 is 0 Å². The Labute approximate surface area is 96.3 Å². The number of methoxy groups -OCH3 is 3. The lowest BCUT2D eigenvalue weighted by Gasteiger charge is -2.15. The number of benzene rings is 1. The smallest absolute Gasteiger partial charge is 0.161 e. The minimum atomic E-state index is -0.107. The molecule has 0 N–H and O–H groups in total. The summed E-state index contributed by atoms with van der Waals surface area (Å²) >= 11 is 0. The number of rotatable bonds is 5. The Morgan fingerprint density at radius 1 is 1.19 bits per heavy atom. The van der Waals surface area contributed by atoms with E-state index in [0.29, 0.717) is 17.9 Å². The van der Waals surface area contributed by atoms with Gasteiger partial charge < -0.3 is 14.2 Å². The van der Waals surface area contributed by atoms with Crippen molar-refractivity contribution < 1.29 is 14.2 Å². The van der Waals surface area contributed by atoms with Gasteiger partial charge in [0.05, 0.1) is 20.3 Å². The third-order valence-electron chi connectivity index (χ3n) is 2.37. The van der Waals surface area contributed by atoms with E-state index < -0.39 is 0 Å². The van der Waals surface area contributed by atoms with E-state index in [2.05, 4.69) is 5.92 Å². The van der Waals surface area contributed by atoms with Crippen molar-refractivity contribution in [2.45, 2.75) is 12.5 Å². The molecule has 3 heteroatoms. The molecule has 0 heterocycles. The molecular weight excluding hydrogens is 204 g/mol. The van der Waals surface area contributed by atoms with Gasteiger partial charge in [-0.1, -0.05) is 6.07 Å². The fourth-order valence-electron chi connectivity index (χ4n) is 1.50. The molecule has 1 aromatic carbocycles. The Bertz CT molecular complexity index is 379. The van der Waals surface area contributed by atoms with E-state index in [1.807, 2.05) is 18.2 Å². The predicted octanol–water partition coefficient (Wildman–Crippen LogP) is 2.41. The third kappa shape index (κ3) is 2.68. The normalized spacial score (nSPS) is 11.6. The zero-order chi connectivity index (χ0) is 12.0. The summed E-state index contributed by atoms with van der Waals surface area (Å²) in [4.78, 5) is 0. The fourth-order valence-corrected chi connectivity index (χ4v) is 1.50. The van der Waals surface area contributed by atoms with Crippen LogP contribution in [0.15, 0.2) is 18.2 Å². The predicted molar refractivity (Wildman–Crippen MR) is 62.7 cm³/mol. The molecule has 0 saturated heterocycles. The molecule has 16 heavy (non-hydrogen) atoms. The van der Waals surface area contributed by atoms with E-state index in [4.69, 9.17) is 20.6 Å². The van der Waals surface area contributed by atoms with Crippen molar-refractivity contribution in [2.75, 3.05) is 21.3 Å². The molecule has 1 rings (SSSR count). The second-order valence-electron chi connectivity index (χ2n) is 3.25. The van der Waals surface area contributed by atoms with Gasteiger partial charge in [0.25, 0.3) is 0 Å². The molecule has 86 valence electrons.